The van der Waals surface area contributed by atoms with Gasteiger partial charge in [0.25, 0.3) is 0 Å². The van der Waals surface area contributed by atoms with Crippen molar-refractivity contribution in [1.29, 1.82) is 0 Å². The largest absolute Gasteiger partial charge is 0.342 e. The molecule has 0 aromatic carbocycles. The van der Waals surface area contributed by atoms with Crippen molar-refractivity contribution in [3.63, 3.8) is 0 Å². The van der Waals surface area contributed by atoms with Crippen LogP contribution >= 0.6 is 0 Å². The van der Waals surface area contributed by atoms with Crippen molar-refractivity contribution >= 4 is 5.91 Å². The predicted molar refractivity (Wildman–Crippen MR) is 78.9 cm³/mol. The average molecular weight is 266 g/mol. The maximum Gasteiger partial charge on any atom is 0.222 e. The van der Waals surface area contributed by atoms with Crippen LogP contribution in [0.4, 0.5) is 0 Å². The van der Waals surface area contributed by atoms with E-state index in [2.05, 4.69) is 38.0 Å². The second kappa shape index (κ2) is 5.82. The minimum Gasteiger partial charge on any atom is -0.342 e. The van der Waals surface area contributed by atoms with Crippen molar-refractivity contribution in [2.45, 2.75) is 58.9 Å². The fourth-order valence-corrected chi connectivity index (χ4v) is 3.65. The zero-order chi connectivity index (χ0) is 14.0. The third-order valence-corrected chi connectivity index (χ3v) is 5.24. The lowest BCUT2D eigenvalue weighted by atomic mass is 9.80. The zero-order valence-corrected chi connectivity index (χ0v) is 13.0. The van der Waals surface area contributed by atoms with Crippen molar-refractivity contribution in [1.82, 2.24) is 10.2 Å². The van der Waals surface area contributed by atoms with Crippen LogP contribution in [0.3, 0.4) is 0 Å². The Labute approximate surface area is 118 Å². The molecule has 1 saturated heterocycles. The fourth-order valence-electron chi connectivity index (χ4n) is 3.65. The van der Waals surface area contributed by atoms with Crippen LogP contribution in [0.2, 0.25) is 0 Å². The van der Waals surface area contributed by atoms with Gasteiger partial charge in [-0.2, -0.15) is 0 Å². The molecule has 1 aliphatic carbocycles. The quantitative estimate of drug-likeness (QED) is 0.848. The first-order valence-electron chi connectivity index (χ1n) is 7.87. The van der Waals surface area contributed by atoms with Gasteiger partial charge in [0.05, 0.1) is 0 Å². The van der Waals surface area contributed by atoms with Crippen LogP contribution in [0.1, 0.15) is 52.9 Å². The number of rotatable bonds is 4. The molecule has 1 heterocycles. The van der Waals surface area contributed by atoms with E-state index < -0.39 is 0 Å². The number of likely N-dealkylation sites (tertiary alicyclic amines) is 1. The summed E-state index contributed by atoms with van der Waals surface area (Å²) < 4.78 is 0. The second-order valence-electron chi connectivity index (χ2n) is 7.48. The minimum absolute atomic E-state index is 0.255. The molecule has 1 amide bonds. The first kappa shape index (κ1) is 14.8. The molecule has 1 N–H and O–H groups in total. The highest BCUT2D eigenvalue weighted by Gasteiger charge is 2.37. The Kier molecular flexibility index (Phi) is 4.54. The van der Waals surface area contributed by atoms with E-state index >= 15 is 0 Å². The molecule has 3 nitrogen and oxygen atoms in total. The molecule has 110 valence electrons. The SMILES string of the molecule is CNC1CCCC1CCN1CC(C(C)(C)C)CC1=O. The Balaban J connectivity index is 1.82. The molecular weight excluding hydrogens is 236 g/mol. The number of carbonyl (C=O) groups is 1. The summed E-state index contributed by atoms with van der Waals surface area (Å²) in [5.41, 5.74) is 0.255. The third kappa shape index (κ3) is 3.50. The van der Waals surface area contributed by atoms with Gasteiger partial charge in [-0.25, -0.2) is 0 Å². The molecule has 1 aliphatic heterocycles. The smallest absolute Gasteiger partial charge is 0.222 e. The predicted octanol–water partition coefficient (Wildman–Crippen LogP) is 2.66. The first-order valence-corrected chi connectivity index (χ1v) is 7.87. The molecule has 0 aromatic rings. The molecule has 19 heavy (non-hydrogen) atoms. The number of nitrogens with one attached hydrogen (secondary N) is 1. The summed E-state index contributed by atoms with van der Waals surface area (Å²) in [5, 5.41) is 3.43. The first-order chi connectivity index (χ1) is 8.91. The van der Waals surface area contributed by atoms with E-state index in [-0.39, 0.29) is 5.41 Å². The van der Waals surface area contributed by atoms with Crippen molar-refractivity contribution < 1.29 is 4.79 Å². The molecule has 1 saturated carbocycles. The van der Waals surface area contributed by atoms with Crippen molar-refractivity contribution in [3.8, 4) is 0 Å². The van der Waals surface area contributed by atoms with Crippen LogP contribution in [-0.4, -0.2) is 37.0 Å². The number of nitrogens with zero attached hydrogens (tertiary/aromatic N) is 1. The highest BCUT2D eigenvalue weighted by Crippen LogP contribution is 2.35. The molecule has 0 aromatic heterocycles. The van der Waals surface area contributed by atoms with E-state index in [0.717, 1.165) is 25.4 Å². The van der Waals surface area contributed by atoms with E-state index in [9.17, 15) is 4.79 Å². The van der Waals surface area contributed by atoms with Gasteiger partial charge in [0, 0.05) is 25.6 Å². The lowest BCUT2D eigenvalue weighted by molar-refractivity contribution is -0.127. The number of amides is 1. The fraction of sp³-hybridized carbons (Fsp3) is 0.938. The highest BCUT2D eigenvalue weighted by molar-refractivity contribution is 5.78. The Morgan fingerprint density at radius 2 is 2.05 bits per heavy atom. The highest BCUT2D eigenvalue weighted by atomic mass is 16.2. The molecular formula is C16H30N2O. The molecule has 2 fully saturated rings. The Bertz CT molecular complexity index is 321. The van der Waals surface area contributed by atoms with E-state index in [0.29, 0.717) is 17.9 Å². The van der Waals surface area contributed by atoms with Gasteiger partial charge < -0.3 is 10.2 Å². The van der Waals surface area contributed by atoms with Gasteiger partial charge in [-0.05, 0) is 43.6 Å². The zero-order valence-electron chi connectivity index (χ0n) is 13.0. The summed E-state index contributed by atoms with van der Waals surface area (Å²) in [4.78, 5) is 14.2. The molecule has 3 unspecified atom stereocenters. The van der Waals surface area contributed by atoms with Gasteiger partial charge in [-0.1, -0.05) is 27.2 Å². The summed E-state index contributed by atoms with van der Waals surface area (Å²) in [6.07, 6.45) is 5.91. The van der Waals surface area contributed by atoms with Crippen LogP contribution in [0, 0.1) is 17.3 Å². The average Bonchev–Trinajstić information content (AvgIpc) is 2.91. The van der Waals surface area contributed by atoms with E-state index in [1.54, 1.807) is 0 Å². The van der Waals surface area contributed by atoms with Crippen molar-refractivity contribution in [2.24, 2.45) is 17.3 Å². The Morgan fingerprint density at radius 1 is 1.32 bits per heavy atom. The van der Waals surface area contributed by atoms with E-state index in [1.165, 1.54) is 25.7 Å². The molecule has 0 bridgehead atoms. The van der Waals surface area contributed by atoms with Gasteiger partial charge in [-0.15, -0.1) is 0 Å². The summed E-state index contributed by atoms with van der Waals surface area (Å²) in [6.45, 7) is 8.70. The topological polar surface area (TPSA) is 32.3 Å². The number of hydrogen-bond acceptors (Lipinski definition) is 2. The summed E-state index contributed by atoms with van der Waals surface area (Å²) in [6, 6.07) is 0.677. The van der Waals surface area contributed by atoms with Gasteiger partial charge >= 0.3 is 0 Å². The molecule has 2 rings (SSSR count). The maximum atomic E-state index is 12.1. The van der Waals surface area contributed by atoms with Crippen LogP contribution in [-0.2, 0) is 4.79 Å². The van der Waals surface area contributed by atoms with Gasteiger partial charge in [0.1, 0.15) is 0 Å². The molecule has 3 atom stereocenters. The molecule has 0 radical (unpaired) electrons. The lowest BCUT2D eigenvalue weighted by Crippen LogP contribution is -2.34. The molecule has 2 aliphatic rings. The van der Waals surface area contributed by atoms with Crippen LogP contribution in [0.5, 0.6) is 0 Å². The Hall–Kier alpha value is -0.570. The van der Waals surface area contributed by atoms with Gasteiger partial charge in [-0.3, -0.25) is 4.79 Å². The minimum atomic E-state index is 0.255. The summed E-state index contributed by atoms with van der Waals surface area (Å²) in [7, 11) is 2.07. The number of hydrogen-bond donors (Lipinski definition) is 1. The molecule has 0 spiro atoms. The van der Waals surface area contributed by atoms with Gasteiger partial charge in [0.2, 0.25) is 5.91 Å². The third-order valence-electron chi connectivity index (χ3n) is 5.24. The van der Waals surface area contributed by atoms with Crippen molar-refractivity contribution in [3.05, 3.63) is 0 Å². The van der Waals surface area contributed by atoms with E-state index in [1.807, 2.05) is 0 Å². The lowest BCUT2D eigenvalue weighted by Gasteiger charge is -2.27. The number of carbonyl (C=O) groups excluding carboxylic acids is 1. The normalized spacial score (nSPS) is 32.3. The van der Waals surface area contributed by atoms with Crippen LogP contribution < -0.4 is 5.32 Å². The second-order valence-corrected chi connectivity index (χ2v) is 7.48. The summed E-state index contributed by atoms with van der Waals surface area (Å²) >= 11 is 0. The van der Waals surface area contributed by atoms with Crippen LogP contribution in [0.15, 0.2) is 0 Å². The van der Waals surface area contributed by atoms with Gasteiger partial charge in [0.15, 0.2) is 0 Å². The molecule has 3 heteroatoms. The summed E-state index contributed by atoms with van der Waals surface area (Å²) in [5.74, 6) is 1.68. The maximum absolute atomic E-state index is 12.1. The van der Waals surface area contributed by atoms with E-state index in [4.69, 9.17) is 0 Å². The monoisotopic (exact) mass is 266 g/mol. The van der Waals surface area contributed by atoms with Crippen molar-refractivity contribution in [2.75, 3.05) is 20.1 Å². The Morgan fingerprint density at radius 3 is 2.63 bits per heavy atom. The standard InChI is InChI=1S/C16H30N2O/c1-16(2,3)13-10-15(19)18(11-13)9-8-12-6-5-7-14(12)17-4/h12-14,17H,5-11H2,1-4H3. The van der Waals surface area contributed by atoms with Crippen LogP contribution in [0.25, 0.3) is 0 Å².